The van der Waals surface area contributed by atoms with Crippen molar-refractivity contribution in [3.8, 4) is 0 Å². The van der Waals surface area contributed by atoms with Gasteiger partial charge in [-0.1, -0.05) is 12.1 Å². The Kier molecular flexibility index (Phi) is 5.99. The van der Waals surface area contributed by atoms with Crippen molar-refractivity contribution in [3.63, 3.8) is 0 Å². The summed E-state index contributed by atoms with van der Waals surface area (Å²) in [4.78, 5) is 28.4. The average molecular weight is 349 g/mol. The molecule has 0 unspecified atom stereocenters. The fourth-order valence-corrected chi connectivity index (χ4v) is 3.28. The molecule has 1 aromatic carbocycles. The third-order valence-electron chi connectivity index (χ3n) is 4.62. The summed E-state index contributed by atoms with van der Waals surface area (Å²) in [5, 5.41) is 2.60. The van der Waals surface area contributed by atoms with Crippen molar-refractivity contribution < 1.29 is 18.7 Å². The van der Waals surface area contributed by atoms with Gasteiger partial charge < -0.3 is 15.0 Å². The highest BCUT2D eigenvalue weighted by Gasteiger charge is 2.29. The largest absolute Gasteiger partial charge is 0.368 e. The molecule has 2 saturated heterocycles. The molecular weight excluding hydrogens is 325 g/mol. The Morgan fingerprint density at radius 1 is 1.16 bits per heavy atom. The summed E-state index contributed by atoms with van der Waals surface area (Å²) < 4.78 is 19.1. The highest BCUT2D eigenvalue weighted by molar-refractivity contribution is 5.92. The summed E-state index contributed by atoms with van der Waals surface area (Å²) in [5.41, 5.74) is 0.192. The Morgan fingerprint density at radius 3 is 2.76 bits per heavy atom. The van der Waals surface area contributed by atoms with Crippen molar-refractivity contribution in [2.75, 3.05) is 44.6 Å². The van der Waals surface area contributed by atoms with Gasteiger partial charge in [-0.2, -0.15) is 0 Å². The van der Waals surface area contributed by atoms with Crippen LogP contribution in [0.5, 0.6) is 0 Å². The molecule has 2 fully saturated rings. The maximum absolute atomic E-state index is 13.6. The second kappa shape index (κ2) is 8.40. The molecule has 136 valence electrons. The number of para-hydroxylation sites is 1. The minimum atomic E-state index is -0.444. The first-order valence-corrected chi connectivity index (χ1v) is 8.80. The normalized spacial score (nSPS) is 21.8. The molecule has 2 amide bonds. The molecule has 3 rings (SSSR count). The zero-order chi connectivity index (χ0) is 17.6. The van der Waals surface area contributed by atoms with Crippen LogP contribution in [0, 0.1) is 5.82 Å². The van der Waals surface area contributed by atoms with Gasteiger partial charge in [0.15, 0.2) is 0 Å². The van der Waals surface area contributed by atoms with E-state index in [1.165, 1.54) is 12.1 Å². The van der Waals surface area contributed by atoms with Gasteiger partial charge in [0.1, 0.15) is 11.9 Å². The molecule has 0 aliphatic carbocycles. The second-order valence-corrected chi connectivity index (χ2v) is 6.48. The van der Waals surface area contributed by atoms with Crippen molar-refractivity contribution in [2.45, 2.75) is 25.4 Å². The number of halogens is 1. The van der Waals surface area contributed by atoms with E-state index in [1.54, 1.807) is 12.1 Å². The Morgan fingerprint density at radius 2 is 2.00 bits per heavy atom. The molecule has 2 aliphatic heterocycles. The molecule has 0 spiro atoms. The molecule has 6 nitrogen and oxygen atoms in total. The van der Waals surface area contributed by atoms with Gasteiger partial charge in [-0.3, -0.25) is 14.5 Å². The van der Waals surface area contributed by atoms with E-state index < -0.39 is 5.82 Å². The molecule has 2 aliphatic rings. The average Bonchev–Trinajstić information content (AvgIpc) is 3.04. The van der Waals surface area contributed by atoms with Gasteiger partial charge in [-0.25, -0.2) is 4.39 Å². The molecule has 1 N–H and O–H groups in total. The van der Waals surface area contributed by atoms with Crippen molar-refractivity contribution >= 4 is 17.5 Å². The smallest absolute Gasteiger partial charge is 0.251 e. The molecule has 0 radical (unpaired) electrons. The molecule has 0 aromatic heterocycles. The van der Waals surface area contributed by atoms with Gasteiger partial charge >= 0.3 is 0 Å². The van der Waals surface area contributed by atoms with E-state index in [9.17, 15) is 14.0 Å². The Bertz CT molecular complexity index is 619. The standard InChI is InChI=1S/C18H24FN3O3/c19-14-5-1-2-6-15(14)20-17(23)13-21-8-4-9-22(11-10-21)18(24)16-7-3-12-25-16/h1-2,5-6,16H,3-4,7-13H2,(H,20,23)/t16-/m0/s1. The highest BCUT2D eigenvalue weighted by Crippen LogP contribution is 2.16. The summed E-state index contributed by atoms with van der Waals surface area (Å²) in [6.07, 6.45) is 2.25. The zero-order valence-corrected chi connectivity index (χ0v) is 14.2. The number of nitrogens with one attached hydrogen (secondary N) is 1. The lowest BCUT2D eigenvalue weighted by atomic mass is 10.2. The van der Waals surface area contributed by atoms with Gasteiger partial charge in [0.2, 0.25) is 5.91 Å². The van der Waals surface area contributed by atoms with E-state index in [0.29, 0.717) is 26.2 Å². The second-order valence-electron chi connectivity index (χ2n) is 6.48. The van der Waals surface area contributed by atoms with Crippen LogP contribution < -0.4 is 5.32 Å². The number of hydrogen-bond acceptors (Lipinski definition) is 4. The van der Waals surface area contributed by atoms with Crippen molar-refractivity contribution in [1.29, 1.82) is 0 Å². The fraction of sp³-hybridized carbons (Fsp3) is 0.556. The van der Waals surface area contributed by atoms with Crippen molar-refractivity contribution in [3.05, 3.63) is 30.1 Å². The first-order valence-electron chi connectivity index (χ1n) is 8.80. The van der Waals surface area contributed by atoms with E-state index in [2.05, 4.69) is 5.32 Å². The molecule has 25 heavy (non-hydrogen) atoms. The first-order chi connectivity index (χ1) is 12.1. The summed E-state index contributed by atoms with van der Waals surface area (Å²) in [5.74, 6) is -0.626. The lowest BCUT2D eigenvalue weighted by Gasteiger charge is -2.24. The Balaban J connectivity index is 1.48. The van der Waals surface area contributed by atoms with Crippen molar-refractivity contribution in [2.24, 2.45) is 0 Å². The minimum Gasteiger partial charge on any atom is -0.368 e. The summed E-state index contributed by atoms with van der Waals surface area (Å²) in [6.45, 7) is 3.49. The van der Waals surface area contributed by atoms with E-state index in [1.807, 2.05) is 9.80 Å². The predicted octanol–water partition coefficient (Wildman–Crippen LogP) is 1.48. The highest BCUT2D eigenvalue weighted by atomic mass is 19.1. The van der Waals surface area contributed by atoms with Crippen LogP contribution in [0.3, 0.4) is 0 Å². The summed E-state index contributed by atoms with van der Waals surface area (Å²) in [6, 6.07) is 6.12. The number of rotatable bonds is 4. The minimum absolute atomic E-state index is 0.0650. The van der Waals surface area contributed by atoms with Gasteiger partial charge in [0, 0.05) is 32.8 Å². The number of ether oxygens (including phenoxy) is 1. The van der Waals surface area contributed by atoms with Crippen LogP contribution >= 0.6 is 0 Å². The van der Waals surface area contributed by atoms with E-state index in [4.69, 9.17) is 4.74 Å². The maximum atomic E-state index is 13.6. The molecule has 1 atom stereocenters. The van der Waals surface area contributed by atoms with Crippen molar-refractivity contribution in [1.82, 2.24) is 9.80 Å². The van der Waals surface area contributed by atoms with E-state index >= 15 is 0 Å². The lowest BCUT2D eigenvalue weighted by Crippen LogP contribution is -2.42. The first kappa shape index (κ1) is 17.8. The molecular formula is C18H24FN3O3. The van der Waals surface area contributed by atoms with Gasteiger partial charge in [-0.05, 0) is 31.4 Å². The summed E-state index contributed by atoms with van der Waals surface area (Å²) >= 11 is 0. The number of carbonyl (C=O) groups excluding carboxylic acids is 2. The van der Waals surface area contributed by atoms with Gasteiger partial charge in [-0.15, -0.1) is 0 Å². The van der Waals surface area contributed by atoms with E-state index in [-0.39, 0.29) is 30.2 Å². The molecule has 1 aromatic rings. The van der Waals surface area contributed by atoms with Crippen LogP contribution in [0.15, 0.2) is 24.3 Å². The number of amides is 2. The van der Waals surface area contributed by atoms with Gasteiger partial charge in [0.25, 0.3) is 5.91 Å². The third kappa shape index (κ3) is 4.76. The van der Waals surface area contributed by atoms with Gasteiger partial charge in [0.05, 0.1) is 12.2 Å². The molecule has 0 saturated carbocycles. The fourth-order valence-electron chi connectivity index (χ4n) is 3.28. The number of hydrogen-bond donors (Lipinski definition) is 1. The number of benzene rings is 1. The van der Waals surface area contributed by atoms with Crippen LogP contribution in [0.2, 0.25) is 0 Å². The maximum Gasteiger partial charge on any atom is 0.251 e. The Hall–Kier alpha value is -1.99. The van der Waals surface area contributed by atoms with Crippen LogP contribution in [-0.4, -0.2) is 67.0 Å². The monoisotopic (exact) mass is 349 g/mol. The zero-order valence-electron chi connectivity index (χ0n) is 14.2. The SMILES string of the molecule is O=C(CN1CCCN(C(=O)[C@@H]2CCCO2)CC1)Nc1ccccc1F. The van der Waals surface area contributed by atoms with E-state index in [0.717, 1.165) is 25.8 Å². The molecule has 7 heteroatoms. The van der Waals surface area contributed by atoms with Crippen LogP contribution in [0.1, 0.15) is 19.3 Å². The quantitative estimate of drug-likeness (QED) is 0.894. The number of carbonyl (C=O) groups is 2. The van der Waals surface area contributed by atoms with Crippen LogP contribution in [-0.2, 0) is 14.3 Å². The van der Waals surface area contributed by atoms with Crippen LogP contribution in [0.4, 0.5) is 10.1 Å². The third-order valence-corrected chi connectivity index (χ3v) is 4.62. The lowest BCUT2D eigenvalue weighted by molar-refractivity contribution is -0.140. The number of nitrogens with zero attached hydrogens (tertiary/aromatic N) is 2. The summed E-state index contributed by atoms with van der Waals surface area (Å²) in [7, 11) is 0. The van der Waals surface area contributed by atoms with Crippen LogP contribution in [0.25, 0.3) is 0 Å². The number of anilines is 1. The Labute approximate surface area is 146 Å². The molecule has 2 heterocycles. The topological polar surface area (TPSA) is 61.9 Å². The molecule has 0 bridgehead atoms. The predicted molar refractivity (Wildman–Crippen MR) is 91.6 cm³/mol.